The van der Waals surface area contributed by atoms with Gasteiger partial charge in [-0.25, -0.2) is 8.42 Å². The lowest BCUT2D eigenvalue weighted by Gasteiger charge is -2.28. The van der Waals surface area contributed by atoms with Gasteiger partial charge in [-0.15, -0.1) is 0 Å². The van der Waals surface area contributed by atoms with Gasteiger partial charge in [-0.1, -0.05) is 40.9 Å². The summed E-state index contributed by atoms with van der Waals surface area (Å²) >= 11 is 15.9. The third kappa shape index (κ3) is 5.16. The maximum Gasteiger partial charge on any atom is 0.406 e. The Labute approximate surface area is 177 Å². The van der Waals surface area contributed by atoms with E-state index < -0.39 is 27.5 Å². The van der Waals surface area contributed by atoms with Crippen molar-refractivity contribution in [2.24, 2.45) is 0 Å². The Morgan fingerprint density at radius 3 is 2.07 bits per heavy atom. The van der Waals surface area contributed by atoms with E-state index in [1.165, 1.54) is 32.0 Å². The molecule has 2 aromatic rings. The van der Waals surface area contributed by atoms with Gasteiger partial charge >= 0.3 is 6.18 Å². The zero-order valence-electron chi connectivity index (χ0n) is 15.1. The van der Waals surface area contributed by atoms with Crippen molar-refractivity contribution in [1.29, 1.82) is 0 Å². The largest absolute Gasteiger partial charge is 0.406 e. The van der Waals surface area contributed by atoms with Crippen LogP contribution in [0.25, 0.3) is 0 Å². The van der Waals surface area contributed by atoms with Crippen LogP contribution >= 0.6 is 35.8 Å². The van der Waals surface area contributed by atoms with Crippen molar-refractivity contribution in [3.8, 4) is 0 Å². The number of benzene rings is 2. The van der Waals surface area contributed by atoms with Crippen LogP contribution in [0.1, 0.15) is 27.5 Å². The van der Waals surface area contributed by atoms with Crippen LogP contribution < -0.4 is 4.72 Å². The Bertz CT molecular complexity index is 972. The average molecular weight is 472 g/mol. The average Bonchev–Trinajstić information content (AvgIpc) is 2.52. The number of sulfonamides is 1. The first-order chi connectivity index (χ1) is 12.7. The zero-order chi connectivity index (χ0) is 21.4. The van der Waals surface area contributed by atoms with E-state index >= 15 is 0 Å². The second-order valence-electron chi connectivity index (χ2n) is 6.48. The zero-order valence-corrected chi connectivity index (χ0v) is 18.3. The van der Waals surface area contributed by atoms with Gasteiger partial charge in [0.2, 0.25) is 10.0 Å². The first kappa shape index (κ1) is 23.3. The van der Waals surface area contributed by atoms with E-state index in [0.29, 0.717) is 11.1 Å². The van der Waals surface area contributed by atoms with Gasteiger partial charge in [-0.05, 0) is 55.7 Å². The maximum atomic E-state index is 13.7. The molecule has 0 radical (unpaired) electrons. The second kappa shape index (κ2) is 8.44. The van der Waals surface area contributed by atoms with Gasteiger partial charge in [0.1, 0.15) is 6.04 Å². The Morgan fingerprint density at radius 2 is 1.57 bits per heavy atom. The van der Waals surface area contributed by atoms with E-state index in [9.17, 15) is 21.6 Å². The molecule has 2 rings (SSSR count). The molecule has 0 saturated carbocycles. The number of alkyl halides is 3. The molecule has 1 N–H and O–H groups in total. The smallest absolute Gasteiger partial charge is 0.207 e. The summed E-state index contributed by atoms with van der Waals surface area (Å²) in [4.78, 5) is -0.190. The van der Waals surface area contributed by atoms with Crippen LogP contribution in [-0.4, -0.2) is 20.6 Å². The van der Waals surface area contributed by atoms with Crippen molar-refractivity contribution >= 4 is 45.9 Å². The third-order valence-corrected chi connectivity index (χ3v) is 7.00. The highest BCUT2D eigenvalue weighted by atomic mass is 35.5. The van der Waals surface area contributed by atoms with Crippen LogP contribution in [-0.2, 0) is 10.0 Å². The molecular formula is C18H18Cl2F3NO2S2. The monoisotopic (exact) mass is 471 g/mol. The van der Waals surface area contributed by atoms with Crippen molar-refractivity contribution < 1.29 is 21.6 Å². The van der Waals surface area contributed by atoms with E-state index in [4.69, 9.17) is 23.2 Å². The molecule has 0 fully saturated rings. The normalized spacial score (nSPS) is 14.8. The van der Waals surface area contributed by atoms with E-state index in [-0.39, 0.29) is 20.5 Å². The van der Waals surface area contributed by atoms with E-state index in [0.717, 1.165) is 5.56 Å². The third-order valence-electron chi connectivity index (χ3n) is 4.10. The number of rotatable bonds is 5. The maximum absolute atomic E-state index is 13.7. The number of nitrogens with one attached hydrogen (secondary N) is 1. The highest BCUT2D eigenvalue weighted by molar-refractivity contribution is 7.89. The summed E-state index contributed by atoms with van der Waals surface area (Å²) in [5.74, 6) is 0. The van der Waals surface area contributed by atoms with Crippen molar-refractivity contribution in [2.75, 3.05) is 0 Å². The molecular weight excluding hydrogens is 454 g/mol. The Kier molecular flexibility index (Phi) is 7.04. The first-order valence-corrected chi connectivity index (χ1v) is 10.8. The summed E-state index contributed by atoms with van der Waals surface area (Å²) in [6, 6.07) is 4.65. The summed E-state index contributed by atoms with van der Waals surface area (Å²) in [5.41, 5.74) is 1.48. The van der Waals surface area contributed by atoms with Gasteiger partial charge in [0.05, 0.1) is 10.1 Å². The molecule has 0 heterocycles. The van der Waals surface area contributed by atoms with Crippen LogP contribution in [0.15, 0.2) is 35.2 Å². The fourth-order valence-corrected chi connectivity index (χ4v) is 5.79. The number of hydrogen-bond acceptors (Lipinski definition) is 3. The summed E-state index contributed by atoms with van der Waals surface area (Å²) in [7, 11) is -4.49. The predicted molar refractivity (Wildman–Crippen MR) is 109 cm³/mol. The van der Waals surface area contributed by atoms with E-state index in [1.807, 2.05) is 0 Å². The Morgan fingerprint density at radius 1 is 1.04 bits per heavy atom. The van der Waals surface area contributed by atoms with E-state index in [2.05, 4.69) is 12.6 Å². The molecule has 10 heteroatoms. The van der Waals surface area contributed by atoms with Crippen molar-refractivity contribution in [3.05, 3.63) is 62.6 Å². The first-order valence-electron chi connectivity index (χ1n) is 8.04. The Balaban J connectivity index is 2.52. The second-order valence-corrected chi connectivity index (χ2v) is 9.53. The fraction of sp³-hybridized carbons (Fsp3) is 0.333. The van der Waals surface area contributed by atoms with Gasteiger partial charge in [-0.3, -0.25) is 0 Å². The number of hydrogen-bond donors (Lipinski definition) is 2. The van der Waals surface area contributed by atoms with Gasteiger partial charge in [0.15, 0.2) is 0 Å². The van der Waals surface area contributed by atoms with Gasteiger partial charge < -0.3 is 0 Å². The lowest BCUT2D eigenvalue weighted by atomic mass is 10.1. The van der Waals surface area contributed by atoms with Crippen molar-refractivity contribution in [2.45, 2.75) is 43.1 Å². The summed E-state index contributed by atoms with van der Waals surface area (Å²) in [6.07, 6.45) is -4.92. The van der Waals surface area contributed by atoms with Crippen molar-refractivity contribution in [1.82, 2.24) is 4.72 Å². The number of aryl methyl sites for hydroxylation is 3. The van der Waals surface area contributed by atoms with Gasteiger partial charge in [0, 0.05) is 10.0 Å². The molecule has 0 aliphatic heterocycles. The number of halogens is 5. The van der Waals surface area contributed by atoms with Crippen LogP contribution in [0.4, 0.5) is 13.2 Å². The molecule has 0 amide bonds. The summed E-state index contributed by atoms with van der Waals surface area (Å²) in [5, 5.41) is -1.44. The minimum atomic E-state index is -4.92. The van der Waals surface area contributed by atoms with Crippen LogP contribution in [0, 0.1) is 20.8 Å². The molecule has 28 heavy (non-hydrogen) atoms. The molecule has 0 spiro atoms. The standard InChI is InChI=1S/C18H18Cl2F3NO2S2/c1-9-6-10(2)16(11(3)7-9)28(25,26)24-17(18(21,22)23)15(27)13-8-12(19)4-5-14(13)20/h4-8,15,17,24,27H,1-3H3. The highest BCUT2D eigenvalue weighted by Gasteiger charge is 2.47. The molecule has 2 unspecified atom stereocenters. The summed E-state index contributed by atoms with van der Waals surface area (Å²) in [6.45, 7) is 4.83. The minimum absolute atomic E-state index is 0.000505. The molecule has 0 bridgehead atoms. The van der Waals surface area contributed by atoms with Gasteiger partial charge in [0.25, 0.3) is 0 Å². The lowest BCUT2D eigenvalue weighted by molar-refractivity contribution is -0.151. The molecule has 3 nitrogen and oxygen atoms in total. The van der Waals surface area contributed by atoms with Crippen LogP contribution in [0.5, 0.6) is 0 Å². The Hall–Kier alpha value is -0.930. The van der Waals surface area contributed by atoms with Crippen LogP contribution in [0.2, 0.25) is 10.0 Å². The lowest BCUT2D eigenvalue weighted by Crippen LogP contribution is -2.48. The topological polar surface area (TPSA) is 46.2 Å². The van der Waals surface area contributed by atoms with Crippen LogP contribution in [0.3, 0.4) is 0 Å². The molecule has 0 aliphatic rings. The SMILES string of the molecule is Cc1cc(C)c(S(=O)(=O)NC(C(S)c2cc(Cl)ccc2Cl)C(F)(F)F)c(C)c1. The molecule has 0 aromatic heterocycles. The predicted octanol–water partition coefficient (Wildman–Crippen LogP) is 5.80. The summed E-state index contributed by atoms with van der Waals surface area (Å²) < 4.78 is 68.7. The molecule has 2 aromatic carbocycles. The van der Waals surface area contributed by atoms with Gasteiger partial charge in [-0.2, -0.15) is 30.5 Å². The minimum Gasteiger partial charge on any atom is -0.207 e. The highest BCUT2D eigenvalue weighted by Crippen LogP contribution is 2.39. The number of thiol groups is 1. The molecule has 2 atom stereocenters. The van der Waals surface area contributed by atoms with Crippen molar-refractivity contribution in [3.63, 3.8) is 0 Å². The molecule has 0 aliphatic carbocycles. The fourth-order valence-electron chi connectivity index (χ4n) is 3.05. The van der Waals surface area contributed by atoms with E-state index in [1.54, 1.807) is 23.8 Å². The quantitative estimate of drug-likeness (QED) is 0.541. The molecule has 0 saturated heterocycles. The molecule has 154 valence electrons.